The zero-order valence-electron chi connectivity index (χ0n) is 20.7. The van der Waals surface area contributed by atoms with Crippen molar-refractivity contribution in [2.24, 2.45) is 0 Å². The highest BCUT2D eigenvalue weighted by molar-refractivity contribution is 6.63. The molecular formula is C22H26Cl6N4O6. The van der Waals surface area contributed by atoms with E-state index in [9.17, 15) is 19.2 Å². The molecule has 2 saturated heterocycles. The third kappa shape index (κ3) is 6.10. The molecule has 0 bridgehead atoms. The van der Waals surface area contributed by atoms with E-state index in [0.717, 1.165) is 22.3 Å². The molecular weight excluding hydrogens is 629 g/mol. The maximum absolute atomic E-state index is 13.4. The molecule has 3 aliphatic heterocycles. The van der Waals surface area contributed by atoms with Gasteiger partial charge in [-0.05, 0) is 49.9 Å². The quantitative estimate of drug-likeness (QED) is 0.354. The van der Waals surface area contributed by atoms with Crippen LogP contribution in [0.15, 0.2) is 12.1 Å². The lowest BCUT2D eigenvalue weighted by molar-refractivity contribution is -0.178. The third-order valence-electron chi connectivity index (χ3n) is 6.00. The predicted molar refractivity (Wildman–Crippen MR) is 145 cm³/mol. The number of nitrogens with zero attached hydrogens (tertiary/aromatic N) is 2. The van der Waals surface area contributed by atoms with E-state index in [1.54, 1.807) is 13.8 Å². The standard InChI is InChI=1S/C20H24N4O6.2CHCl3/c1-5-29-15(25)19-20(16(26)30-6-2)23(17(27)21-19)9-13-7-11(3)12(4)8-14(13)10-24(20)18(28)22-19;2*2-1(3)4/h7-8H,5-6,9-10H2,1-4H3,(H,21,27)(H,22,28);2*1H. The molecule has 38 heavy (non-hydrogen) atoms. The molecule has 2 N–H and O–H groups in total. The van der Waals surface area contributed by atoms with Crippen molar-refractivity contribution in [2.45, 2.75) is 60.7 Å². The van der Waals surface area contributed by atoms with Crippen LogP contribution in [0.25, 0.3) is 0 Å². The van der Waals surface area contributed by atoms with Crippen LogP contribution in [-0.2, 0) is 32.2 Å². The second kappa shape index (κ2) is 13.2. The van der Waals surface area contributed by atoms with Gasteiger partial charge >= 0.3 is 24.0 Å². The van der Waals surface area contributed by atoms with Gasteiger partial charge in [0.1, 0.15) is 0 Å². The molecule has 0 radical (unpaired) electrons. The van der Waals surface area contributed by atoms with Gasteiger partial charge in [-0.1, -0.05) is 81.7 Å². The second-order valence-electron chi connectivity index (χ2n) is 8.10. The number of hydrogen-bond acceptors (Lipinski definition) is 6. The van der Waals surface area contributed by atoms with Crippen molar-refractivity contribution in [2.75, 3.05) is 13.2 Å². The largest absolute Gasteiger partial charge is 0.463 e. The number of hydrogen-bond donors (Lipinski definition) is 2. The Labute approximate surface area is 250 Å². The molecule has 3 heterocycles. The number of alkyl halides is 6. The van der Waals surface area contributed by atoms with E-state index in [-0.39, 0.29) is 26.3 Å². The van der Waals surface area contributed by atoms with Crippen LogP contribution in [0.5, 0.6) is 0 Å². The number of aryl methyl sites for hydroxylation is 2. The van der Waals surface area contributed by atoms with Gasteiger partial charge in [0.25, 0.3) is 11.3 Å². The van der Waals surface area contributed by atoms with Gasteiger partial charge in [0.15, 0.2) is 8.59 Å². The number of urea groups is 2. The number of carbonyl (C=O) groups excluding carboxylic acids is 4. The van der Waals surface area contributed by atoms with Gasteiger partial charge in [0.05, 0.1) is 26.3 Å². The normalized spacial score (nSPS) is 22.7. The van der Waals surface area contributed by atoms with Crippen molar-refractivity contribution in [3.8, 4) is 0 Å². The molecule has 0 saturated carbocycles. The van der Waals surface area contributed by atoms with Crippen LogP contribution in [0.1, 0.15) is 36.1 Å². The van der Waals surface area contributed by atoms with E-state index in [0.29, 0.717) is 0 Å². The molecule has 1 aromatic carbocycles. The van der Waals surface area contributed by atoms with Gasteiger partial charge in [-0.15, -0.1) is 0 Å². The van der Waals surface area contributed by atoms with E-state index in [2.05, 4.69) is 10.6 Å². The predicted octanol–water partition coefficient (Wildman–Crippen LogP) is 4.86. The molecule has 2 fully saturated rings. The van der Waals surface area contributed by atoms with Crippen LogP contribution < -0.4 is 10.6 Å². The van der Waals surface area contributed by atoms with Crippen molar-refractivity contribution in [1.82, 2.24) is 20.4 Å². The fraction of sp³-hybridized carbons (Fsp3) is 0.545. The lowest BCUT2D eigenvalue weighted by Crippen LogP contribution is -2.74. The summed E-state index contributed by atoms with van der Waals surface area (Å²) in [5, 5.41) is 5.04. The number of rotatable bonds is 4. The molecule has 3 aliphatic rings. The number of ether oxygens (including phenoxy) is 2. The number of amides is 4. The average molecular weight is 655 g/mol. The second-order valence-corrected chi connectivity index (χ2v) is 12.1. The van der Waals surface area contributed by atoms with E-state index in [1.807, 2.05) is 26.0 Å². The number of carbonyl (C=O) groups is 4. The third-order valence-corrected chi connectivity index (χ3v) is 6.00. The Bertz CT molecular complexity index is 1020. The minimum atomic E-state index is -2.12. The van der Waals surface area contributed by atoms with Crippen LogP contribution in [0.3, 0.4) is 0 Å². The van der Waals surface area contributed by atoms with Crippen LogP contribution >= 0.6 is 69.6 Å². The summed E-state index contributed by atoms with van der Waals surface area (Å²) in [6.45, 7) is 7.17. The Morgan fingerprint density at radius 3 is 1.50 bits per heavy atom. The van der Waals surface area contributed by atoms with Crippen molar-refractivity contribution in [3.63, 3.8) is 0 Å². The highest BCUT2D eigenvalue weighted by Gasteiger charge is 2.81. The number of halogens is 6. The monoisotopic (exact) mass is 652 g/mol. The Morgan fingerprint density at radius 2 is 1.16 bits per heavy atom. The van der Waals surface area contributed by atoms with E-state index in [4.69, 9.17) is 79.1 Å². The lowest BCUT2D eigenvalue weighted by atomic mass is 9.93. The van der Waals surface area contributed by atoms with Crippen LogP contribution in [0, 0.1) is 13.8 Å². The highest BCUT2D eigenvalue weighted by atomic mass is 35.6. The first kappa shape index (κ1) is 32.7. The van der Waals surface area contributed by atoms with E-state index >= 15 is 0 Å². The summed E-state index contributed by atoms with van der Waals surface area (Å²) in [4.78, 5) is 55.0. The van der Waals surface area contributed by atoms with Crippen molar-refractivity contribution < 1.29 is 28.7 Å². The fourth-order valence-electron chi connectivity index (χ4n) is 4.54. The minimum absolute atomic E-state index is 0.00381. The van der Waals surface area contributed by atoms with Gasteiger partial charge < -0.3 is 20.1 Å². The minimum Gasteiger partial charge on any atom is -0.463 e. The first-order chi connectivity index (χ1) is 17.7. The Kier molecular flexibility index (Phi) is 11.3. The molecule has 0 aromatic heterocycles. The number of benzene rings is 1. The average Bonchev–Trinajstić information content (AvgIpc) is 3.09. The molecule has 10 nitrogen and oxygen atoms in total. The summed E-state index contributed by atoms with van der Waals surface area (Å²) in [7, 11) is 0. The number of esters is 2. The number of fused-ring (bicyclic) bond motifs is 1. The van der Waals surface area contributed by atoms with Gasteiger partial charge in [-0.2, -0.15) is 0 Å². The first-order valence-electron chi connectivity index (χ1n) is 11.2. The van der Waals surface area contributed by atoms with Crippen molar-refractivity contribution in [3.05, 3.63) is 34.4 Å². The number of nitrogens with one attached hydrogen (secondary N) is 2. The Balaban J connectivity index is 0.000000559. The summed E-state index contributed by atoms with van der Waals surface area (Å²) in [5.41, 5.74) is -0.555. The molecule has 0 atom stereocenters. The SMILES string of the molecule is CCOC(=O)C12NC(=O)N3Cc4cc(C)c(C)cc4CN(C(=O)N1)C32C(=O)OCC.ClC(Cl)Cl.ClC(Cl)Cl. The van der Waals surface area contributed by atoms with Gasteiger partial charge in [0.2, 0.25) is 0 Å². The van der Waals surface area contributed by atoms with Gasteiger partial charge in [-0.25, -0.2) is 19.2 Å². The molecule has 4 rings (SSSR count). The maximum atomic E-state index is 13.4. The van der Waals surface area contributed by atoms with E-state index < -0.39 is 43.9 Å². The molecule has 0 spiro atoms. The summed E-state index contributed by atoms with van der Waals surface area (Å²) >= 11 is 28.8. The van der Waals surface area contributed by atoms with E-state index in [1.165, 1.54) is 9.80 Å². The molecule has 0 aliphatic carbocycles. The summed E-state index contributed by atoms with van der Waals surface area (Å²) in [5.74, 6) is -1.81. The Hall–Kier alpha value is -1.56. The zero-order chi connectivity index (χ0) is 29.0. The Morgan fingerprint density at radius 1 is 0.816 bits per heavy atom. The summed E-state index contributed by atoms with van der Waals surface area (Å²) in [6.07, 6.45) is 0. The first-order valence-corrected chi connectivity index (χ1v) is 13.8. The lowest BCUT2D eigenvalue weighted by Gasteiger charge is -2.40. The summed E-state index contributed by atoms with van der Waals surface area (Å²) in [6, 6.07) is 2.52. The highest BCUT2D eigenvalue weighted by Crippen LogP contribution is 2.47. The fourth-order valence-corrected chi connectivity index (χ4v) is 4.54. The van der Waals surface area contributed by atoms with Crippen molar-refractivity contribution >= 4 is 93.6 Å². The van der Waals surface area contributed by atoms with Crippen LogP contribution in [-0.4, -0.2) is 66.9 Å². The van der Waals surface area contributed by atoms with Crippen LogP contribution in [0.2, 0.25) is 0 Å². The van der Waals surface area contributed by atoms with Gasteiger partial charge in [0, 0.05) is 0 Å². The topological polar surface area (TPSA) is 117 Å². The molecule has 16 heteroatoms. The molecule has 212 valence electrons. The van der Waals surface area contributed by atoms with Gasteiger partial charge in [-0.3, -0.25) is 9.80 Å². The maximum Gasteiger partial charge on any atom is 0.358 e. The molecule has 4 amide bonds. The smallest absolute Gasteiger partial charge is 0.358 e. The molecule has 1 aromatic rings. The van der Waals surface area contributed by atoms with Crippen LogP contribution in [0.4, 0.5) is 9.59 Å². The van der Waals surface area contributed by atoms with Crippen molar-refractivity contribution in [1.29, 1.82) is 0 Å². The molecule has 0 unspecified atom stereocenters. The zero-order valence-corrected chi connectivity index (χ0v) is 25.3. The summed E-state index contributed by atoms with van der Waals surface area (Å²) < 4.78 is 8.98.